The molecule has 21 heavy (non-hydrogen) atoms. The van der Waals surface area contributed by atoms with Crippen LogP contribution in [0.1, 0.15) is 27.0 Å². The molecule has 0 saturated carbocycles. The van der Waals surface area contributed by atoms with Crippen LogP contribution in [0.3, 0.4) is 0 Å². The minimum Gasteiger partial charge on any atom is -0.338 e. The Balaban J connectivity index is 1.83. The van der Waals surface area contributed by atoms with E-state index < -0.39 is 0 Å². The number of fused-ring (bicyclic) bond motifs is 1. The number of nitrogens with zero attached hydrogens (tertiary/aromatic N) is 1. The normalized spacial score (nSPS) is 14.5. The van der Waals surface area contributed by atoms with Crippen LogP contribution in [-0.2, 0) is 12.8 Å². The highest BCUT2D eigenvalue weighted by Gasteiger charge is 2.21. The largest absolute Gasteiger partial charge is 0.338 e. The Morgan fingerprint density at radius 3 is 2.24 bits per heavy atom. The number of benzene rings is 2. The van der Waals surface area contributed by atoms with Crippen LogP contribution in [0, 0.1) is 6.92 Å². The Morgan fingerprint density at radius 1 is 1.00 bits per heavy atom. The molecule has 2 aromatic carbocycles. The second kappa shape index (κ2) is 6.02. The molecule has 0 radical (unpaired) electrons. The first kappa shape index (κ1) is 14.3. The van der Waals surface area contributed by atoms with Gasteiger partial charge in [-0.2, -0.15) is 0 Å². The minimum absolute atomic E-state index is 0.124. The van der Waals surface area contributed by atoms with E-state index in [-0.39, 0.29) is 5.91 Å². The van der Waals surface area contributed by atoms with Gasteiger partial charge in [-0.05, 0) is 58.5 Å². The standard InChI is InChI=1S/C18H18BrNO/c1-13-5-4-8-16(17(13)19)18(21)20-11-9-14-6-2-3-7-15(14)10-12-20/h2-8H,9-12H2,1H3. The third-order valence-corrected chi connectivity index (χ3v) is 5.18. The van der Waals surface area contributed by atoms with Gasteiger partial charge in [0.15, 0.2) is 0 Å². The third kappa shape index (κ3) is 2.88. The highest BCUT2D eigenvalue weighted by molar-refractivity contribution is 9.10. The summed E-state index contributed by atoms with van der Waals surface area (Å²) in [5.74, 6) is 0.124. The first-order valence-corrected chi connectivity index (χ1v) is 8.07. The second-order valence-corrected chi connectivity index (χ2v) is 6.29. The molecular weight excluding hydrogens is 326 g/mol. The molecule has 2 aromatic rings. The van der Waals surface area contributed by atoms with Crippen LogP contribution in [0.5, 0.6) is 0 Å². The van der Waals surface area contributed by atoms with Gasteiger partial charge in [-0.3, -0.25) is 4.79 Å². The van der Waals surface area contributed by atoms with Gasteiger partial charge in [0.05, 0.1) is 5.56 Å². The molecule has 0 atom stereocenters. The lowest BCUT2D eigenvalue weighted by Gasteiger charge is -2.21. The van der Waals surface area contributed by atoms with Crippen molar-refractivity contribution in [3.8, 4) is 0 Å². The Hall–Kier alpha value is -1.61. The smallest absolute Gasteiger partial charge is 0.255 e. The van der Waals surface area contributed by atoms with Crippen molar-refractivity contribution in [1.29, 1.82) is 0 Å². The molecule has 3 rings (SSSR count). The van der Waals surface area contributed by atoms with Crippen LogP contribution in [-0.4, -0.2) is 23.9 Å². The van der Waals surface area contributed by atoms with Crippen LogP contribution in [0.15, 0.2) is 46.9 Å². The van der Waals surface area contributed by atoms with Crippen molar-refractivity contribution in [1.82, 2.24) is 4.90 Å². The van der Waals surface area contributed by atoms with Crippen molar-refractivity contribution in [2.45, 2.75) is 19.8 Å². The number of carbonyl (C=O) groups excluding carboxylic acids is 1. The molecule has 2 nitrogen and oxygen atoms in total. The maximum Gasteiger partial charge on any atom is 0.255 e. The topological polar surface area (TPSA) is 20.3 Å². The van der Waals surface area contributed by atoms with E-state index in [1.807, 2.05) is 30.0 Å². The molecule has 0 saturated heterocycles. The Bertz CT molecular complexity index is 654. The average Bonchev–Trinajstić information content (AvgIpc) is 2.72. The zero-order chi connectivity index (χ0) is 14.8. The zero-order valence-electron chi connectivity index (χ0n) is 12.1. The molecule has 1 aliphatic rings. The van der Waals surface area contributed by atoms with Gasteiger partial charge in [-0.25, -0.2) is 0 Å². The summed E-state index contributed by atoms with van der Waals surface area (Å²) in [6.45, 7) is 3.59. The number of carbonyl (C=O) groups is 1. The van der Waals surface area contributed by atoms with E-state index in [1.165, 1.54) is 11.1 Å². The molecule has 0 bridgehead atoms. The fourth-order valence-corrected chi connectivity index (χ4v) is 3.29. The lowest BCUT2D eigenvalue weighted by atomic mass is 10.0. The van der Waals surface area contributed by atoms with Crippen molar-refractivity contribution in [2.75, 3.05) is 13.1 Å². The van der Waals surface area contributed by atoms with E-state index in [2.05, 4.69) is 40.2 Å². The molecule has 0 N–H and O–H groups in total. The summed E-state index contributed by atoms with van der Waals surface area (Å²) in [6.07, 6.45) is 1.87. The van der Waals surface area contributed by atoms with Crippen molar-refractivity contribution in [3.63, 3.8) is 0 Å². The Morgan fingerprint density at radius 2 is 1.62 bits per heavy atom. The van der Waals surface area contributed by atoms with Gasteiger partial charge >= 0.3 is 0 Å². The molecule has 0 fully saturated rings. The molecule has 1 aliphatic heterocycles. The molecule has 0 aliphatic carbocycles. The lowest BCUT2D eigenvalue weighted by molar-refractivity contribution is 0.0762. The van der Waals surface area contributed by atoms with Crippen LogP contribution < -0.4 is 0 Å². The SMILES string of the molecule is Cc1cccc(C(=O)N2CCc3ccccc3CC2)c1Br. The first-order valence-electron chi connectivity index (χ1n) is 7.28. The van der Waals surface area contributed by atoms with E-state index in [4.69, 9.17) is 0 Å². The third-order valence-electron chi connectivity index (χ3n) is 4.13. The van der Waals surface area contributed by atoms with E-state index >= 15 is 0 Å². The number of hydrogen-bond acceptors (Lipinski definition) is 1. The fourth-order valence-electron chi connectivity index (χ4n) is 2.85. The number of amides is 1. The summed E-state index contributed by atoms with van der Waals surface area (Å²) in [5, 5.41) is 0. The molecular formula is C18H18BrNO. The highest BCUT2D eigenvalue weighted by Crippen LogP contribution is 2.24. The van der Waals surface area contributed by atoms with E-state index in [1.54, 1.807) is 0 Å². The summed E-state index contributed by atoms with van der Waals surface area (Å²) in [5.41, 5.74) is 4.60. The summed E-state index contributed by atoms with van der Waals surface area (Å²) >= 11 is 3.55. The first-order chi connectivity index (χ1) is 10.2. The second-order valence-electron chi connectivity index (χ2n) is 5.50. The number of hydrogen-bond donors (Lipinski definition) is 0. The van der Waals surface area contributed by atoms with E-state index in [0.717, 1.165) is 41.5 Å². The zero-order valence-corrected chi connectivity index (χ0v) is 13.7. The highest BCUT2D eigenvalue weighted by atomic mass is 79.9. The predicted octanol–water partition coefficient (Wildman–Crippen LogP) is 4.00. The maximum atomic E-state index is 12.8. The van der Waals surface area contributed by atoms with Gasteiger partial charge in [0.1, 0.15) is 0 Å². The molecule has 1 amide bonds. The number of aryl methyl sites for hydroxylation is 1. The maximum absolute atomic E-state index is 12.8. The summed E-state index contributed by atoms with van der Waals surface area (Å²) in [4.78, 5) is 14.7. The molecule has 3 heteroatoms. The number of rotatable bonds is 1. The summed E-state index contributed by atoms with van der Waals surface area (Å²) < 4.78 is 0.914. The molecule has 0 unspecified atom stereocenters. The van der Waals surface area contributed by atoms with E-state index in [0.29, 0.717) is 0 Å². The van der Waals surface area contributed by atoms with Crippen molar-refractivity contribution >= 4 is 21.8 Å². The van der Waals surface area contributed by atoms with Crippen LogP contribution >= 0.6 is 15.9 Å². The molecule has 0 spiro atoms. The summed E-state index contributed by atoms with van der Waals surface area (Å²) in [6, 6.07) is 14.4. The van der Waals surface area contributed by atoms with Crippen molar-refractivity contribution < 1.29 is 4.79 Å². The monoisotopic (exact) mass is 343 g/mol. The molecule has 1 heterocycles. The van der Waals surface area contributed by atoms with Gasteiger partial charge in [-0.15, -0.1) is 0 Å². The Labute approximate surface area is 133 Å². The predicted molar refractivity (Wildman–Crippen MR) is 88.6 cm³/mol. The van der Waals surface area contributed by atoms with Crippen LogP contribution in [0.2, 0.25) is 0 Å². The average molecular weight is 344 g/mol. The number of halogens is 1. The molecule has 108 valence electrons. The quantitative estimate of drug-likeness (QED) is 0.766. The molecule has 0 aromatic heterocycles. The fraction of sp³-hybridized carbons (Fsp3) is 0.278. The van der Waals surface area contributed by atoms with Gasteiger partial charge in [-0.1, -0.05) is 36.4 Å². The lowest BCUT2D eigenvalue weighted by Crippen LogP contribution is -2.33. The van der Waals surface area contributed by atoms with Gasteiger partial charge in [0, 0.05) is 17.6 Å². The Kier molecular flexibility index (Phi) is 4.11. The van der Waals surface area contributed by atoms with Gasteiger partial charge in [0.25, 0.3) is 5.91 Å². The van der Waals surface area contributed by atoms with Gasteiger partial charge in [0.2, 0.25) is 0 Å². The van der Waals surface area contributed by atoms with Crippen LogP contribution in [0.4, 0.5) is 0 Å². The summed E-state index contributed by atoms with van der Waals surface area (Å²) in [7, 11) is 0. The van der Waals surface area contributed by atoms with Crippen molar-refractivity contribution in [3.05, 3.63) is 69.2 Å². The van der Waals surface area contributed by atoms with Gasteiger partial charge < -0.3 is 4.90 Å². The van der Waals surface area contributed by atoms with Crippen molar-refractivity contribution in [2.24, 2.45) is 0 Å². The minimum atomic E-state index is 0.124. The van der Waals surface area contributed by atoms with Crippen LogP contribution in [0.25, 0.3) is 0 Å². The van der Waals surface area contributed by atoms with E-state index in [9.17, 15) is 4.79 Å².